The Kier molecular flexibility index (Phi) is 4.92. The topological polar surface area (TPSA) is 70.3 Å². The second-order valence-corrected chi connectivity index (χ2v) is 4.86. The average molecular weight is 371 g/mol. The predicted octanol–water partition coefficient (Wildman–Crippen LogP) is 2.73. The lowest BCUT2D eigenvalue weighted by Gasteiger charge is -2.12. The zero-order valence-corrected chi connectivity index (χ0v) is 12.6. The third kappa shape index (κ3) is 3.54. The van der Waals surface area contributed by atoms with Crippen molar-refractivity contribution in [2.75, 3.05) is 6.61 Å². The van der Waals surface area contributed by atoms with Gasteiger partial charge in [0.15, 0.2) is 11.5 Å². The summed E-state index contributed by atoms with van der Waals surface area (Å²) in [4.78, 5) is 8.02. The van der Waals surface area contributed by atoms with Gasteiger partial charge in [-0.05, 0) is 47.2 Å². The van der Waals surface area contributed by atoms with Crippen LogP contribution < -0.4 is 15.2 Å². The van der Waals surface area contributed by atoms with Gasteiger partial charge < -0.3 is 15.2 Å². The third-order valence-corrected chi connectivity index (χ3v) is 3.12. The SMILES string of the molecule is CCOc1cc(CN)ccc1Oc1ncncc1I. The number of ether oxygens (including phenoxy) is 2. The molecule has 0 unspecified atom stereocenters. The summed E-state index contributed by atoms with van der Waals surface area (Å²) in [5.41, 5.74) is 6.62. The van der Waals surface area contributed by atoms with E-state index in [9.17, 15) is 0 Å². The Hall–Kier alpha value is -1.41. The van der Waals surface area contributed by atoms with Crippen LogP contribution in [-0.4, -0.2) is 16.6 Å². The maximum Gasteiger partial charge on any atom is 0.235 e. The van der Waals surface area contributed by atoms with E-state index in [-0.39, 0.29) is 0 Å². The minimum absolute atomic E-state index is 0.464. The van der Waals surface area contributed by atoms with Crippen LogP contribution in [0.3, 0.4) is 0 Å². The van der Waals surface area contributed by atoms with E-state index in [1.807, 2.05) is 25.1 Å². The lowest BCUT2D eigenvalue weighted by Crippen LogP contribution is -2.01. The molecule has 0 aliphatic carbocycles. The zero-order chi connectivity index (χ0) is 13.7. The van der Waals surface area contributed by atoms with E-state index in [0.29, 0.717) is 30.5 Å². The summed E-state index contributed by atoms with van der Waals surface area (Å²) in [5, 5.41) is 0. The maximum absolute atomic E-state index is 5.77. The zero-order valence-electron chi connectivity index (χ0n) is 10.5. The van der Waals surface area contributed by atoms with Crippen molar-refractivity contribution in [3.05, 3.63) is 39.9 Å². The number of halogens is 1. The van der Waals surface area contributed by atoms with E-state index in [0.717, 1.165) is 9.13 Å². The van der Waals surface area contributed by atoms with Crippen molar-refractivity contribution < 1.29 is 9.47 Å². The van der Waals surface area contributed by atoms with E-state index in [1.54, 1.807) is 6.20 Å². The molecule has 1 heterocycles. The standard InChI is InChI=1S/C13H14IN3O2/c1-2-18-12-5-9(6-15)3-4-11(12)19-13-10(14)7-16-8-17-13/h3-5,7-8H,2,6,15H2,1H3. The van der Waals surface area contributed by atoms with Gasteiger partial charge in [-0.2, -0.15) is 0 Å². The molecule has 6 heteroatoms. The molecule has 1 aromatic heterocycles. The summed E-state index contributed by atoms with van der Waals surface area (Å²) in [7, 11) is 0. The first-order valence-electron chi connectivity index (χ1n) is 5.83. The molecule has 0 amide bonds. The Morgan fingerprint density at radius 2 is 2.16 bits per heavy atom. The first kappa shape index (κ1) is 14.0. The van der Waals surface area contributed by atoms with E-state index >= 15 is 0 Å². The van der Waals surface area contributed by atoms with Crippen molar-refractivity contribution in [1.29, 1.82) is 0 Å². The summed E-state index contributed by atoms with van der Waals surface area (Å²) < 4.78 is 12.2. The van der Waals surface area contributed by atoms with Crippen LogP contribution in [0.5, 0.6) is 17.4 Å². The van der Waals surface area contributed by atoms with Crippen LogP contribution in [0.15, 0.2) is 30.7 Å². The number of rotatable bonds is 5. The molecule has 2 N–H and O–H groups in total. The molecular weight excluding hydrogens is 357 g/mol. The Morgan fingerprint density at radius 1 is 1.32 bits per heavy atom. The van der Waals surface area contributed by atoms with Crippen LogP contribution in [0, 0.1) is 3.57 Å². The van der Waals surface area contributed by atoms with Gasteiger partial charge in [-0.25, -0.2) is 9.97 Å². The average Bonchev–Trinajstić information content (AvgIpc) is 2.43. The number of nitrogens with two attached hydrogens (primary N) is 1. The summed E-state index contributed by atoms with van der Waals surface area (Å²) in [6.45, 7) is 2.95. The van der Waals surface area contributed by atoms with Crippen LogP contribution in [0.25, 0.3) is 0 Å². The highest BCUT2D eigenvalue weighted by atomic mass is 127. The Bertz CT molecular complexity index is 563. The lowest BCUT2D eigenvalue weighted by atomic mass is 10.2. The van der Waals surface area contributed by atoms with Gasteiger partial charge in [0.2, 0.25) is 5.88 Å². The monoisotopic (exact) mass is 371 g/mol. The Labute approximate surface area is 125 Å². The minimum Gasteiger partial charge on any atom is -0.490 e. The third-order valence-electron chi connectivity index (χ3n) is 2.38. The van der Waals surface area contributed by atoms with Crippen molar-refractivity contribution in [3.8, 4) is 17.4 Å². The van der Waals surface area contributed by atoms with E-state index in [1.165, 1.54) is 6.33 Å². The second-order valence-electron chi connectivity index (χ2n) is 3.70. The van der Waals surface area contributed by atoms with Gasteiger partial charge in [0, 0.05) is 12.7 Å². The van der Waals surface area contributed by atoms with E-state index < -0.39 is 0 Å². The normalized spacial score (nSPS) is 10.3. The molecule has 0 atom stereocenters. The molecule has 0 aliphatic heterocycles. The molecule has 0 fully saturated rings. The molecule has 2 aromatic rings. The fourth-order valence-corrected chi connectivity index (χ4v) is 1.92. The van der Waals surface area contributed by atoms with Gasteiger partial charge >= 0.3 is 0 Å². The van der Waals surface area contributed by atoms with Crippen molar-refractivity contribution >= 4 is 22.6 Å². The van der Waals surface area contributed by atoms with Crippen molar-refractivity contribution in [1.82, 2.24) is 9.97 Å². The Balaban J connectivity index is 2.31. The summed E-state index contributed by atoms with van der Waals surface area (Å²) in [6.07, 6.45) is 3.14. The van der Waals surface area contributed by atoms with E-state index in [4.69, 9.17) is 15.2 Å². The molecule has 0 aliphatic rings. The van der Waals surface area contributed by atoms with Gasteiger partial charge in [-0.15, -0.1) is 0 Å². The molecule has 0 saturated carbocycles. The molecule has 2 rings (SSSR count). The number of hydrogen-bond donors (Lipinski definition) is 1. The number of hydrogen-bond acceptors (Lipinski definition) is 5. The molecule has 100 valence electrons. The van der Waals surface area contributed by atoms with Crippen molar-refractivity contribution in [2.24, 2.45) is 5.73 Å². The number of nitrogens with zero attached hydrogens (tertiary/aromatic N) is 2. The van der Waals surface area contributed by atoms with Crippen LogP contribution in [0.4, 0.5) is 0 Å². The molecule has 5 nitrogen and oxygen atoms in total. The molecule has 0 saturated heterocycles. The van der Waals surface area contributed by atoms with Crippen LogP contribution in [-0.2, 0) is 6.54 Å². The number of aromatic nitrogens is 2. The Morgan fingerprint density at radius 3 is 2.84 bits per heavy atom. The van der Waals surface area contributed by atoms with Gasteiger partial charge in [-0.3, -0.25) is 0 Å². The molecule has 19 heavy (non-hydrogen) atoms. The molecule has 0 radical (unpaired) electrons. The fraction of sp³-hybridized carbons (Fsp3) is 0.231. The predicted molar refractivity (Wildman–Crippen MR) is 80.3 cm³/mol. The second kappa shape index (κ2) is 6.67. The quantitative estimate of drug-likeness (QED) is 0.819. The highest BCUT2D eigenvalue weighted by Crippen LogP contribution is 2.33. The lowest BCUT2D eigenvalue weighted by molar-refractivity contribution is 0.318. The smallest absolute Gasteiger partial charge is 0.235 e. The highest BCUT2D eigenvalue weighted by molar-refractivity contribution is 14.1. The van der Waals surface area contributed by atoms with Gasteiger partial charge in [0.1, 0.15) is 6.33 Å². The van der Waals surface area contributed by atoms with Crippen LogP contribution in [0.1, 0.15) is 12.5 Å². The first-order chi connectivity index (χ1) is 9.24. The van der Waals surface area contributed by atoms with E-state index in [2.05, 4.69) is 32.6 Å². The molecule has 1 aromatic carbocycles. The minimum atomic E-state index is 0.464. The van der Waals surface area contributed by atoms with Crippen LogP contribution in [0.2, 0.25) is 0 Å². The van der Waals surface area contributed by atoms with Crippen LogP contribution >= 0.6 is 22.6 Å². The molecule has 0 spiro atoms. The van der Waals surface area contributed by atoms with Gasteiger partial charge in [0.05, 0.1) is 10.2 Å². The summed E-state index contributed by atoms with van der Waals surface area (Å²) in [6, 6.07) is 5.63. The first-order valence-corrected chi connectivity index (χ1v) is 6.91. The highest BCUT2D eigenvalue weighted by Gasteiger charge is 2.10. The maximum atomic E-state index is 5.77. The molecule has 0 bridgehead atoms. The van der Waals surface area contributed by atoms with Gasteiger partial charge in [0.25, 0.3) is 0 Å². The number of benzene rings is 1. The summed E-state index contributed by atoms with van der Waals surface area (Å²) >= 11 is 2.12. The van der Waals surface area contributed by atoms with Crippen molar-refractivity contribution in [3.63, 3.8) is 0 Å². The largest absolute Gasteiger partial charge is 0.490 e. The fourth-order valence-electron chi connectivity index (χ4n) is 1.51. The summed E-state index contributed by atoms with van der Waals surface area (Å²) in [5.74, 6) is 1.80. The van der Waals surface area contributed by atoms with Gasteiger partial charge in [-0.1, -0.05) is 6.07 Å². The van der Waals surface area contributed by atoms with Crippen molar-refractivity contribution in [2.45, 2.75) is 13.5 Å². The molecular formula is C13H14IN3O2.